The van der Waals surface area contributed by atoms with Crippen molar-refractivity contribution in [3.63, 3.8) is 0 Å². The molecule has 0 saturated heterocycles. The van der Waals surface area contributed by atoms with Crippen molar-refractivity contribution in [3.8, 4) is 0 Å². The van der Waals surface area contributed by atoms with Gasteiger partial charge in [-0.15, -0.1) is 23.5 Å². The molecule has 3 amide bonds. The van der Waals surface area contributed by atoms with Crippen molar-refractivity contribution in [1.82, 2.24) is 0 Å². The summed E-state index contributed by atoms with van der Waals surface area (Å²) in [6.07, 6.45) is 9.13. The monoisotopic (exact) mass is 541 g/mol. The van der Waals surface area contributed by atoms with Crippen LogP contribution in [0.3, 0.4) is 0 Å². The largest absolute Gasteiger partial charge is 0.326 e. The second-order valence-corrected chi connectivity index (χ2v) is 12.0. The average molecular weight is 542 g/mol. The van der Waals surface area contributed by atoms with Crippen LogP contribution in [0.4, 0.5) is 21.9 Å². The van der Waals surface area contributed by atoms with Gasteiger partial charge in [-0.25, -0.2) is 4.79 Å². The molecule has 3 aromatic rings. The van der Waals surface area contributed by atoms with Crippen molar-refractivity contribution in [2.24, 2.45) is 0 Å². The zero-order valence-corrected chi connectivity index (χ0v) is 23.3. The number of carbonyl (C=O) groups excluding carboxylic acids is 2. The second kappa shape index (κ2) is 11.5. The third-order valence-electron chi connectivity index (χ3n) is 6.72. The van der Waals surface area contributed by atoms with E-state index in [0.29, 0.717) is 5.69 Å². The van der Waals surface area contributed by atoms with Gasteiger partial charge in [0.15, 0.2) is 0 Å². The van der Waals surface area contributed by atoms with Gasteiger partial charge in [-0.05, 0) is 61.7 Å². The minimum absolute atomic E-state index is 0.0426. The number of fused-ring (bicyclic) bond motifs is 2. The van der Waals surface area contributed by atoms with Crippen LogP contribution < -0.4 is 15.5 Å². The van der Waals surface area contributed by atoms with Crippen LogP contribution in [0.1, 0.15) is 25.0 Å². The number of amides is 3. The molecule has 7 heteroatoms. The molecule has 0 fully saturated rings. The SMILES string of the molecule is CCc1cccc(C)c1NC(=O)C(C)Sc1cccc(NC(=O)N2c3ccccc3SC3C=CC=CC32)c1. The molecule has 2 aliphatic rings. The van der Waals surface area contributed by atoms with Crippen LogP contribution in [0.25, 0.3) is 0 Å². The lowest BCUT2D eigenvalue weighted by atomic mass is 10.1. The lowest BCUT2D eigenvalue weighted by molar-refractivity contribution is -0.115. The highest BCUT2D eigenvalue weighted by Crippen LogP contribution is 2.43. The van der Waals surface area contributed by atoms with E-state index in [1.807, 2.05) is 91.6 Å². The summed E-state index contributed by atoms with van der Waals surface area (Å²) in [5.74, 6) is -0.0426. The van der Waals surface area contributed by atoms with E-state index >= 15 is 0 Å². The van der Waals surface area contributed by atoms with Crippen molar-refractivity contribution in [1.29, 1.82) is 0 Å². The van der Waals surface area contributed by atoms with Gasteiger partial charge in [0.05, 0.1) is 22.2 Å². The number of thioether (sulfide) groups is 2. The van der Waals surface area contributed by atoms with E-state index in [9.17, 15) is 9.59 Å². The Hall–Kier alpha value is -3.42. The Balaban J connectivity index is 1.29. The molecular weight excluding hydrogens is 510 g/mol. The lowest BCUT2D eigenvalue weighted by Crippen LogP contribution is -2.49. The first-order valence-electron chi connectivity index (χ1n) is 12.8. The van der Waals surface area contributed by atoms with Gasteiger partial charge in [0, 0.05) is 21.2 Å². The topological polar surface area (TPSA) is 61.4 Å². The van der Waals surface area contributed by atoms with Crippen LogP contribution in [-0.4, -0.2) is 28.5 Å². The normalized spacial score (nSPS) is 18.3. The van der Waals surface area contributed by atoms with E-state index in [-0.39, 0.29) is 28.5 Å². The summed E-state index contributed by atoms with van der Waals surface area (Å²) < 4.78 is 0. The number of carbonyl (C=O) groups is 2. The molecule has 0 saturated carbocycles. The van der Waals surface area contributed by atoms with Crippen molar-refractivity contribution in [3.05, 3.63) is 102 Å². The third-order valence-corrected chi connectivity index (χ3v) is 9.12. The summed E-state index contributed by atoms with van der Waals surface area (Å²) >= 11 is 3.26. The number of nitrogens with one attached hydrogen (secondary N) is 2. The molecule has 3 aromatic carbocycles. The molecule has 0 radical (unpaired) electrons. The Bertz CT molecular complexity index is 1420. The molecule has 0 spiro atoms. The molecule has 38 heavy (non-hydrogen) atoms. The summed E-state index contributed by atoms with van der Waals surface area (Å²) in [4.78, 5) is 30.5. The Morgan fingerprint density at radius 2 is 1.79 bits per heavy atom. The van der Waals surface area contributed by atoms with Crippen molar-refractivity contribution < 1.29 is 9.59 Å². The molecule has 0 aromatic heterocycles. The predicted molar refractivity (Wildman–Crippen MR) is 161 cm³/mol. The lowest BCUT2D eigenvalue weighted by Gasteiger charge is -2.40. The summed E-state index contributed by atoms with van der Waals surface area (Å²) in [6, 6.07) is 21.6. The predicted octanol–water partition coefficient (Wildman–Crippen LogP) is 7.68. The zero-order valence-electron chi connectivity index (χ0n) is 21.7. The number of hydrogen-bond donors (Lipinski definition) is 2. The van der Waals surface area contributed by atoms with Gasteiger partial charge >= 0.3 is 6.03 Å². The number of urea groups is 1. The number of anilines is 3. The van der Waals surface area contributed by atoms with Crippen LogP contribution in [0.5, 0.6) is 0 Å². The van der Waals surface area contributed by atoms with Gasteiger partial charge in [-0.2, -0.15) is 0 Å². The first-order chi connectivity index (χ1) is 18.4. The Kier molecular flexibility index (Phi) is 7.95. The highest BCUT2D eigenvalue weighted by molar-refractivity contribution is 8.00. The van der Waals surface area contributed by atoms with E-state index in [1.165, 1.54) is 11.8 Å². The molecule has 5 rings (SSSR count). The van der Waals surface area contributed by atoms with Crippen LogP contribution >= 0.6 is 23.5 Å². The van der Waals surface area contributed by atoms with Crippen LogP contribution in [-0.2, 0) is 11.2 Å². The summed E-state index contributed by atoms with van der Waals surface area (Å²) in [5, 5.41) is 6.08. The smallest absolute Gasteiger partial charge is 0.325 e. The second-order valence-electron chi connectivity index (χ2n) is 9.35. The number of allylic oxidation sites excluding steroid dienone is 2. The summed E-state index contributed by atoms with van der Waals surface area (Å²) in [7, 11) is 0. The van der Waals surface area contributed by atoms with Gasteiger partial charge < -0.3 is 10.6 Å². The van der Waals surface area contributed by atoms with Crippen LogP contribution in [0.15, 0.2) is 101 Å². The maximum Gasteiger partial charge on any atom is 0.326 e. The van der Waals surface area contributed by atoms with E-state index in [4.69, 9.17) is 0 Å². The maximum atomic E-state index is 13.6. The minimum Gasteiger partial charge on any atom is -0.325 e. The fraction of sp³-hybridized carbons (Fsp3) is 0.226. The van der Waals surface area contributed by atoms with Crippen molar-refractivity contribution in [2.75, 3.05) is 15.5 Å². The fourth-order valence-corrected chi connectivity index (χ4v) is 6.93. The number of hydrogen-bond acceptors (Lipinski definition) is 4. The number of nitrogens with zero attached hydrogens (tertiary/aromatic N) is 1. The highest BCUT2D eigenvalue weighted by Gasteiger charge is 2.36. The quantitative estimate of drug-likeness (QED) is 0.314. The number of para-hydroxylation sites is 2. The molecule has 3 atom stereocenters. The average Bonchev–Trinajstić information content (AvgIpc) is 2.92. The zero-order chi connectivity index (χ0) is 26.6. The molecule has 1 aliphatic heterocycles. The minimum atomic E-state index is -0.309. The number of rotatable bonds is 6. The molecule has 3 unspecified atom stereocenters. The van der Waals surface area contributed by atoms with Gasteiger partial charge in [0.2, 0.25) is 5.91 Å². The van der Waals surface area contributed by atoms with Crippen molar-refractivity contribution >= 4 is 52.5 Å². The van der Waals surface area contributed by atoms with Gasteiger partial charge in [-0.3, -0.25) is 9.69 Å². The Morgan fingerprint density at radius 3 is 2.63 bits per heavy atom. The fourth-order valence-electron chi connectivity index (χ4n) is 4.74. The van der Waals surface area contributed by atoms with E-state index in [0.717, 1.165) is 38.7 Å². The molecule has 1 heterocycles. The first kappa shape index (κ1) is 26.2. The number of benzene rings is 3. The molecule has 194 valence electrons. The standard InChI is InChI=1S/C31H31N3O2S2/c1-4-22-12-9-11-20(2)29(22)33-30(35)21(3)37-24-14-10-13-23(19-24)32-31(36)34-25-15-5-7-17-27(25)38-28-18-8-6-16-26(28)34/h5-19,21,25,27H,4H2,1-3H3,(H,32,36)(H,33,35). The van der Waals surface area contributed by atoms with E-state index in [2.05, 4.69) is 35.8 Å². The molecule has 1 aliphatic carbocycles. The Morgan fingerprint density at radius 1 is 1.00 bits per heavy atom. The van der Waals surface area contributed by atoms with Crippen molar-refractivity contribution in [2.45, 2.75) is 53.5 Å². The molecule has 2 N–H and O–H groups in total. The molecule has 0 bridgehead atoms. The Labute approximate surface area is 232 Å². The van der Waals surface area contributed by atoms with Gasteiger partial charge in [0.25, 0.3) is 0 Å². The van der Waals surface area contributed by atoms with E-state index < -0.39 is 0 Å². The maximum absolute atomic E-state index is 13.6. The summed E-state index contributed by atoms with van der Waals surface area (Å²) in [5.41, 5.74) is 4.70. The molecule has 5 nitrogen and oxygen atoms in total. The van der Waals surface area contributed by atoms with E-state index in [1.54, 1.807) is 11.8 Å². The molecular formula is C31H31N3O2S2. The van der Waals surface area contributed by atoms with Gasteiger partial charge in [0.1, 0.15) is 0 Å². The number of aryl methyl sites for hydroxylation is 2. The summed E-state index contributed by atoms with van der Waals surface area (Å²) in [6.45, 7) is 6.01. The van der Waals surface area contributed by atoms with Gasteiger partial charge in [-0.1, -0.05) is 67.6 Å². The highest BCUT2D eigenvalue weighted by atomic mass is 32.2. The first-order valence-corrected chi connectivity index (χ1v) is 14.6. The van der Waals surface area contributed by atoms with Crippen LogP contribution in [0.2, 0.25) is 0 Å². The third kappa shape index (κ3) is 5.54. The van der Waals surface area contributed by atoms with Crippen LogP contribution in [0, 0.1) is 6.92 Å².